The average molecular weight is 338 g/mol. The lowest BCUT2D eigenvalue weighted by atomic mass is 10.1. The van der Waals surface area contributed by atoms with Crippen LogP contribution in [0.2, 0.25) is 0 Å². The van der Waals surface area contributed by atoms with Crippen LogP contribution in [-0.4, -0.2) is 63.2 Å². The molecule has 130 valence electrons. The third kappa shape index (κ3) is 6.03. The van der Waals surface area contributed by atoms with E-state index < -0.39 is 0 Å². The molecule has 0 amide bonds. The van der Waals surface area contributed by atoms with Crippen molar-refractivity contribution in [2.75, 3.05) is 51.2 Å². The van der Waals surface area contributed by atoms with Gasteiger partial charge in [0.1, 0.15) is 0 Å². The highest BCUT2D eigenvalue weighted by Gasteiger charge is 2.20. The Balaban J connectivity index is 1.78. The number of aliphatic imine (C=N–C) groups is 1. The number of hydrogen-bond acceptors (Lipinski definition) is 4. The lowest BCUT2D eigenvalue weighted by Gasteiger charge is -2.33. The predicted molar refractivity (Wildman–Crippen MR) is 102 cm³/mol. The highest BCUT2D eigenvalue weighted by atomic mass is 32.1. The summed E-state index contributed by atoms with van der Waals surface area (Å²) in [5.74, 6) is 0.964. The number of guanidine groups is 1. The Kier molecular flexibility index (Phi) is 7.68. The van der Waals surface area contributed by atoms with Gasteiger partial charge in [0, 0.05) is 32.2 Å². The van der Waals surface area contributed by atoms with E-state index in [1.54, 1.807) is 0 Å². The standard InChI is InChI=1S/C17H31N5S/c1-4-18-17(19-10-13-21(3)5-2)20-15-8-11-22(12-9-15)16-7-6-14-23-16/h6-7,14-15H,4-5,8-13H2,1-3H3,(H2,18,19,20). The second-order valence-corrected chi connectivity index (χ2v) is 6.94. The van der Waals surface area contributed by atoms with Crippen LogP contribution in [-0.2, 0) is 0 Å². The summed E-state index contributed by atoms with van der Waals surface area (Å²) in [4.78, 5) is 9.48. The number of likely N-dealkylation sites (N-methyl/N-ethyl adjacent to an activating group) is 1. The van der Waals surface area contributed by atoms with Crippen LogP contribution < -0.4 is 15.5 Å². The third-order valence-corrected chi connectivity index (χ3v) is 5.22. The number of nitrogens with one attached hydrogen (secondary N) is 2. The number of rotatable bonds is 7. The molecule has 0 unspecified atom stereocenters. The summed E-state index contributed by atoms with van der Waals surface area (Å²) in [7, 11) is 2.14. The summed E-state index contributed by atoms with van der Waals surface area (Å²) in [6.45, 7) is 10.4. The van der Waals surface area contributed by atoms with Crippen LogP contribution in [0.25, 0.3) is 0 Å². The van der Waals surface area contributed by atoms with E-state index in [4.69, 9.17) is 4.99 Å². The Hall–Kier alpha value is -1.27. The molecule has 1 saturated heterocycles. The molecule has 0 spiro atoms. The van der Waals surface area contributed by atoms with Crippen LogP contribution in [0.15, 0.2) is 22.5 Å². The monoisotopic (exact) mass is 337 g/mol. The van der Waals surface area contributed by atoms with Crippen LogP contribution in [0.1, 0.15) is 26.7 Å². The molecule has 0 radical (unpaired) electrons. The third-order valence-electron chi connectivity index (χ3n) is 4.29. The van der Waals surface area contributed by atoms with Gasteiger partial charge in [-0.15, -0.1) is 11.3 Å². The number of hydrogen-bond donors (Lipinski definition) is 2. The maximum Gasteiger partial charge on any atom is 0.191 e. The molecule has 1 aromatic rings. The molecule has 0 aromatic carbocycles. The lowest BCUT2D eigenvalue weighted by Crippen LogP contribution is -2.48. The Morgan fingerprint density at radius 3 is 2.78 bits per heavy atom. The first-order valence-electron chi connectivity index (χ1n) is 8.74. The fourth-order valence-corrected chi connectivity index (χ4v) is 3.48. The molecule has 1 aliphatic heterocycles. The van der Waals surface area contributed by atoms with E-state index in [-0.39, 0.29) is 0 Å². The number of anilines is 1. The minimum Gasteiger partial charge on any atom is -0.363 e. The highest BCUT2D eigenvalue weighted by Crippen LogP contribution is 2.24. The molecule has 2 rings (SSSR count). The van der Waals surface area contributed by atoms with Crippen LogP contribution in [0, 0.1) is 0 Å². The van der Waals surface area contributed by atoms with Gasteiger partial charge in [-0.05, 0) is 50.9 Å². The summed E-state index contributed by atoms with van der Waals surface area (Å²) in [6, 6.07) is 4.87. The Bertz CT molecular complexity index is 452. The fraction of sp³-hybridized carbons (Fsp3) is 0.706. The van der Waals surface area contributed by atoms with E-state index in [2.05, 4.69) is 58.8 Å². The van der Waals surface area contributed by atoms with Gasteiger partial charge in [0.15, 0.2) is 5.96 Å². The zero-order chi connectivity index (χ0) is 16.5. The van der Waals surface area contributed by atoms with Crippen molar-refractivity contribution < 1.29 is 0 Å². The minimum absolute atomic E-state index is 0.521. The summed E-state index contributed by atoms with van der Waals surface area (Å²) < 4.78 is 0. The van der Waals surface area contributed by atoms with Gasteiger partial charge >= 0.3 is 0 Å². The minimum atomic E-state index is 0.521. The van der Waals surface area contributed by atoms with Gasteiger partial charge in [0.25, 0.3) is 0 Å². The second kappa shape index (κ2) is 9.78. The molecule has 0 saturated carbocycles. The van der Waals surface area contributed by atoms with Gasteiger partial charge in [0.2, 0.25) is 0 Å². The molecular weight excluding hydrogens is 306 g/mol. The average Bonchev–Trinajstić information content (AvgIpc) is 3.10. The van der Waals surface area contributed by atoms with E-state index in [1.165, 1.54) is 5.00 Å². The first kappa shape index (κ1) is 18.1. The second-order valence-electron chi connectivity index (χ2n) is 6.01. The first-order chi connectivity index (χ1) is 11.2. The van der Waals surface area contributed by atoms with Gasteiger partial charge in [-0.3, -0.25) is 4.99 Å². The SMILES string of the molecule is CCNC(=NCCN(C)CC)NC1CCN(c2cccs2)CC1. The van der Waals surface area contributed by atoms with Crippen LogP contribution >= 0.6 is 11.3 Å². The highest BCUT2D eigenvalue weighted by molar-refractivity contribution is 7.14. The van der Waals surface area contributed by atoms with E-state index in [0.717, 1.165) is 58.1 Å². The number of piperidine rings is 1. The van der Waals surface area contributed by atoms with E-state index >= 15 is 0 Å². The molecule has 23 heavy (non-hydrogen) atoms. The maximum absolute atomic E-state index is 4.71. The zero-order valence-corrected chi connectivity index (χ0v) is 15.5. The smallest absolute Gasteiger partial charge is 0.191 e. The van der Waals surface area contributed by atoms with Crippen LogP contribution in [0.3, 0.4) is 0 Å². The van der Waals surface area contributed by atoms with Gasteiger partial charge < -0.3 is 20.4 Å². The molecule has 2 N–H and O–H groups in total. The van der Waals surface area contributed by atoms with Crippen molar-refractivity contribution >= 4 is 22.3 Å². The maximum atomic E-state index is 4.71. The molecule has 6 heteroatoms. The van der Waals surface area contributed by atoms with Gasteiger partial charge in [0.05, 0.1) is 11.5 Å². The normalized spacial score (nSPS) is 16.9. The van der Waals surface area contributed by atoms with Crippen molar-refractivity contribution in [1.82, 2.24) is 15.5 Å². The number of thiophene rings is 1. The molecule has 2 heterocycles. The van der Waals surface area contributed by atoms with Crippen molar-refractivity contribution in [3.8, 4) is 0 Å². The van der Waals surface area contributed by atoms with Crippen molar-refractivity contribution in [3.05, 3.63) is 17.5 Å². The quantitative estimate of drug-likeness (QED) is 0.591. The van der Waals surface area contributed by atoms with Gasteiger partial charge in [-0.25, -0.2) is 0 Å². The van der Waals surface area contributed by atoms with Gasteiger partial charge in [-0.2, -0.15) is 0 Å². The van der Waals surface area contributed by atoms with Gasteiger partial charge in [-0.1, -0.05) is 6.92 Å². The van der Waals surface area contributed by atoms with E-state index in [0.29, 0.717) is 6.04 Å². The topological polar surface area (TPSA) is 42.9 Å². The first-order valence-corrected chi connectivity index (χ1v) is 9.62. The molecule has 1 aliphatic rings. The molecule has 0 atom stereocenters. The summed E-state index contributed by atoms with van der Waals surface area (Å²) >= 11 is 1.83. The molecule has 1 aromatic heterocycles. The molecule has 0 bridgehead atoms. The molecule has 5 nitrogen and oxygen atoms in total. The van der Waals surface area contributed by atoms with Crippen LogP contribution in [0.4, 0.5) is 5.00 Å². The summed E-state index contributed by atoms with van der Waals surface area (Å²) in [5.41, 5.74) is 0. The Morgan fingerprint density at radius 1 is 1.39 bits per heavy atom. The lowest BCUT2D eigenvalue weighted by molar-refractivity contribution is 0.363. The summed E-state index contributed by atoms with van der Waals surface area (Å²) in [6.07, 6.45) is 2.33. The fourth-order valence-electron chi connectivity index (χ4n) is 2.70. The Labute approximate surface area is 144 Å². The van der Waals surface area contributed by atoms with Crippen molar-refractivity contribution in [3.63, 3.8) is 0 Å². The summed E-state index contributed by atoms with van der Waals surface area (Å²) in [5, 5.41) is 10.5. The zero-order valence-electron chi connectivity index (χ0n) is 14.7. The van der Waals surface area contributed by atoms with Crippen LogP contribution in [0.5, 0.6) is 0 Å². The molecular formula is C17H31N5S. The molecule has 0 aliphatic carbocycles. The van der Waals surface area contributed by atoms with Crippen molar-refractivity contribution in [2.45, 2.75) is 32.7 Å². The van der Waals surface area contributed by atoms with E-state index in [1.807, 2.05) is 11.3 Å². The predicted octanol–water partition coefficient (Wildman–Crippen LogP) is 2.22. The number of nitrogens with zero attached hydrogens (tertiary/aromatic N) is 3. The molecule has 1 fully saturated rings. The van der Waals surface area contributed by atoms with Crippen molar-refractivity contribution in [2.24, 2.45) is 4.99 Å². The Morgan fingerprint density at radius 2 is 2.17 bits per heavy atom. The van der Waals surface area contributed by atoms with E-state index in [9.17, 15) is 0 Å². The van der Waals surface area contributed by atoms with Crippen molar-refractivity contribution in [1.29, 1.82) is 0 Å². The largest absolute Gasteiger partial charge is 0.363 e.